The SMILES string of the molecule is Cc1n[nH]cc1COc1ccc(CN2[C@@H](C)CCC(c3ccccc3)S2(=O)=O)cc1. The van der Waals surface area contributed by atoms with Crippen molar-refractivity contribution in [3.63, 3.8) is 0 Å². The van der Waals surface area contributed by atoms with Crippen LogP contribution in [0.1, 0.15) is 47.4 Å². The van der Waals surface area contributed by atoms with E-state index < -0.39 is 15.3 Å². The van der Waals surface area contributed by atoms with Crippen molar-refractivity contribution in [2.24, 2.45) is 0 Å². The van der Waals surface area contributed by atoms with Gasteiger partial charge in [-0.3, -0.25) is 5.10 Å². The molecule has 0 amide bonds. The molecule has 6 nitrogen and oxygen atoms in total. The summed E-state index contributed by atoms with van der Waals surface area (Å²) in [7, 11) is -3.43. The van der Waals surface area contributed by atoms with Gasteiger partial charge < -0.3 is 4.74 Å². The van der Waals surface area contributed by atoms with E-state index >= 15 is 0 Å². The highest BCUT2D eigenvalue weighted by Gasteiger charge is 2.40. The molecule has 1 unspecified atom stereocenters. The average molecular weight is 426 g/mol. The van der Waals surface area contributed by atoms with Crippen LogP contribution < -0.4 is 4.74 Å². The molecule has 0 aliphatic carbocycles. The fourth-order valence-electron chi connectivity index (χ4n) is 3.91. The van der Waals surface area contributed by atoms with Crippen LogP contribution in [0.5, 0.6) is 5.75 Å². The van der Waals surface area contributed by atoms with Gasteiger partial charge in [0, 0.05) is 24.3 Å². The van der Waals surface area contributed by atoms with Crippen LogP contribution in [0, 0.1) is 6.92 Å². The van der Waals surface area contributed by atoms with E-state index in [1.54, 1.807) is 4.31 Å². The maximum absolute atomic E-state index is 13.4. The smallest absolute Gasteiger partial charge is 0.221 e. The zero-order valence-electron chi connectivity index (χ0n) is 17.3. The van der Waals surface area contributed by atoms with Crippen molar-refractivity contribution in [3.05, 3.63) is 83.2 Å². The first-order valence-corrected chi connectivity index (χ1v) is 11.7. The van der Waals surface area contributed by atoms with Gasteiger partial charge in [0.2, 0.25) is 10.0 Å². The number of sulfonamides is 1. The first-order chi connectivity index (χ1) is 14.4. The van der Waals surface area contributed by atoms with Gasteiger partial charge in [0.15, 0.2) is 0 Å². The van der Waals surface area contributed by atoms with Gasteiger partial charge in [-0.2, -0.15) is 9.40 Å². The Morgan fingerprint density at radius 3 is 2.50 bits per heavy atom. The standard InChI is InChI=1S/C23H27N3O3S/c1-17-8-13-23(20-6-4-3-5-7-20)30(27,28)26(17)15-19-9-11-22(12-10-19)29-16-21-14-24-25-18(21)2/h3-7,9-12,14,17,23H,8,13,15-16H2,1-2H3,(H,24,25)/t17-,23?/m0/s1. The van der Waals surface area contributed by atoms with E-state index in [1.807, 2.05) is 74.6 Å². The summed E-state index contributed by atoms with van der Waals surface area (Å²) in [5.41, 5.74) is 3.75. The summed E-state index contributed by atoms with van der Waals surface area (Å²) in [5, 5.41) is 6.44. The minimum Gasteiger partial charge on any atom is -0.489 e. The molecule has 0 radical (unpaired) electrons. The minimum absolute atomic E-state index is 0.0186. The summed E-state index contributed by atoms with van der Waals surface area (Å²) in [6.45, 7) is 4.73. The summed E-state index contributed by atoms with van der Waals surface area (Å²) >= 11 is 0. The third-order valence-corrected chi connectivity index (χ3v) is 8.16. The van der Waals surface area contributed by atoms with Crippen LogP contribution in [0.2, 0.25) is 0 Å². The molecule has 0 saturated carbocycles. The number of aromatic amines is 1. The highest BCUT2D eigenvalue weighted by Crippen LogP contribution is 2.38. The zero-order valence-corrected chi connectivity index (χ0v) is 18.1. The van der Waals surface area contributed by atoms with Crippen molar-refractivity contribution in [1.82, 2.24) is 14.5 Å². The number of aromatic nitrogens is 2. The summed E-state index contributed by atoms with van der Waals surface area (Å²) in [4.78, 5) is 0. The molecule has 158 valence electrons. The summed E-state index contributed by atoms with van der Waals surface area (Å²) in [5.74, 6) is 0.746. The third-order valence-electron chi connectivity index (χ3n) is 5.79. The third kappa shape index (κ3) is 4.27. The second-order valence-corrected chi connectivity index (χ2v) is 9.91. The van der Waals surface area contributed by atoms with Crippen LogP contribution in [-0.2, 0) is 23.2 Å². The van der Waals surface area contributed by atoms with Crippen molar-refractivity contribution in [1.29, 1.82) is 0 Å². The Hall–Kier alpha value is -2.64. The first kappa shape index (κ1) is 20.6. The number of rotatable bonds is 6. The van der Waals surface area contributed by atoms with Gasteiger partial charge in [0.1, 0.15) is 17.6 Å². The fraction of sp³-hybridized carbons (Fsp3) is 0.348. The number of hydrogen-bond donors (Lipinski definition) is 1. The number of hydrogen-bond acceptors (Lipinski definition) is 4. The molecule has 2 atom stereocenters. The molecule has 2 aromatic carbocycles. The normalized spacial score (nSPS) is 21.4. The molecule has 7 heteroatoms. The largest absolute Gasteiger partial charge is 0.489 e. The van der Waals surface area contributed by atoms with E-state index in [-0.39, 0.29) is 6.04 Å². The van der Waals surface area contributed by atoms with Crippen LogP contribution >= 0.6 is 0 Å². The van der Waals surface area contributed by atoms with E-state index in [1.165, 1.54) is 0 Å². The number of benzene rings is 2. The summed E-state index contributed by atoms with van der Waals surface area (Å²) in [6, 6.07) is 17.2. The molecule has 1 aliphatic rings. The van der Waals surface area contributed by atoms with Crippen LogP contribution in [-0.4, -0.2) is 29.0 Å². The summed E-state index contributed by atoms with van der Waals surface area (Å²) in [6.07, 6.45) is 3.34. The Morgan fingerprint density at radius 2 is 1.83 bits per heavy atom. The van der Waals surface area contributed by atoms with E-state index in [0.29, 0.717) is 19.6 Å². The minimum atomic E-state index is -3.43. The molecule has 1 N–H and O–H groups in total. The van der Waals surface area contributed by atoms with Crippen molar-refractivity contribution >= 4 is 10.0 Å². The molecular weight excluding hydrogens is 398 g/mol. The van der Waals surface area contributed by atoms with Gasteiger partial charge in [-0.15, -0.1) is 0 Å². The van der Waals surface area contributed by atoms with Gasteiger partial charge in [0.05, 0.1) is 5.69 Å². The predicted molar refractivity (Wildman–Crippen MR) is 116 cm³/mol. The van der Waals surface area contributed by atoms with E-state index in [0.717, 1.165) is 34.6 Å². The highest BCUT2D eigenvalue weighted by atomic mass is 32.2. The molecule has 0 bridgehead atoms. The average Bonchev–Trinajstić information content (AvgIpc) is 3.16. The molecule has 1 aromatic heterocycles. The zero-order chi connectivity index (χ0) is 21.1. The second-order valence-electron chi connectivity index (χ2n) is 7.84. The lowest BCUT2D eigenvalue weighted by atomic mass is 10.0. The quantitative estimate of drug-likeness (QED) is 0.637. The van der Waals surface area contributed by atoms with Crippen molar-refractivity contribution < 1.29 is 13.2 Å². The molecular formula is C23H27N3O3S. The molecule has 1 saturated heterocycles. The van der Waals surface area contributed by atoms with Gasteiger partial charge in [-0.25, -0.2) is 8.42 Å². The molecule has 0 spiro atoms. The molecule has 2 heterocycles. The van der Waals surface area contributed by atoms with Crippen LogP contribution in [0.4, 0.5) is 0 Å². The highest BCUT2D eigenvalue weighted by molar-refractivity contribution is 7.89. The maximum atomic E-state index is 13.4. The van der Waals surface area contributed by atoms with Gasteiger partial charge >= 0.3 is 0 Å². The maximum Gasteiger partial charge on any atom is 0.221 e. The molecule has 1 fully saturated rings. The first-order valence-electron chi connectivity index (χ1n) is 10.2. The van der Waals surface area contributed by atoms with Crippen molar-refractivity contribution in [2.75, 3.05) is 0 Å². The Bertz CT molecular complexity index is 1080. The second kappa shape index (κ2) is 8.62. The lowest BCUT2D eigenvalue weighted by Crippen LogP contribution is -2.44. The van der Waals surface area contributed by atoms with Gasteiger partial charge in [-0.1, -0.05) is 42.5 Å². The Kier molecular flexibility index (Phi) is 5.92. The van der Waals surface area contributed by atoms with Crippen LogP contribution in [0.25, 0.3) is 0 Å². The molecule has 3 aromatic rings. The van der Waals surface area contributed by atoms with E-state index in [9.17, 15) is 8.42 Å². The lowest BCUT2D eigenvalue weighted by molar-refractivity contribution is 0.281. The summed E-state index contributed by atoms with van der Waals surface area (Å²) < 4.78 is 34.2. The Morgan fingerprint density at radius 1 is 1.10 bits per heavy atom. The topological polar surface area (TPSA) is 75.3 Å². The van der Waals surface area contributed by atoms with Crippen LogP contribution in [0.3, 0.4) is 0 Å². The number of H-pyrrole nitrogens is 1. The fourth-order valence-corrected chi connectivity index (χ4v) is 6.11. The Labute approximate surface area is 177 Å². The van der Waals surface area contributed by atoms with E-state index in [4.69, 9.17) is 4.74 Å². The number of aryl methyl sites for hydroxylation is 1. The van der Waals surface area contributed by atoms with Gasteiger partial charge in [0.25, 0.3) is 0 Å². The number of nitrogens with zero attached hydrogens (tertiary/aromatic N) is 2. The number of ether oxygens (including phenoxy) is 1. The Balaban J connectivity index is 1.46. The lowest BCUT2D eigenvalue weighted by Gasteiger charge is -2.37. The van der Waals surface area contributed by atoms with Gasteiger partial charge in [-0.05, 0) is 49.9 Å². The molecule has 4 rings (SSSR count). The van der Waals surface area contributed by atoms with Crippen LogP contribution in [0.15, 0.2) is 60.8 Å². The molecule has 1 aliphatic heterocycles. The van der Waals surface area contributed by atoms with Crippen molar-refractivity contribution in [2.45, 2.75) is 51.1 Å². The van der Waals surface area contributed by atoms with Crippen molar-refractivity contribution in [3.8, 4) is 5.75 Å². The predicted octanol–water partition coefficient (Wildman–Crippen LogP) is 4.35. The van der Waals surface area contributed by atoms with E-state index in [2.05, 4.69) is 10.2 Å². The molecule has 30 heavy (non-hydrogen) atoms. The monoisotopic (exact) mass is 425 g/mol. The number of nitrogens with one attached hydrogen (secondary N) is 1.